The third-order valence-electron chi connectivity index (χ3n) is 3.55. The van der Waals surface area contributed by atoms with E-state index in [1.165, 1.54) is 11.1 Å². The third-order valence-corrected chi connectivity index (χ3v) is 3.55. The number of nitrogens with zero attached hydrogens (tertiary/aromatic N) is 1. The normalized spacial score (nSPS) is 18.4. The Balaban J connectivity index is 2.10. The molecule has 1 aliphatic heterocycles. The van der Waals surface area contributed by atoms with Gasteiger partial charge in [0.1, 0.15) is 0 Å². The van der Waals surface area contributed by atoms with Gasteiger partial charge < -0.3 is 5.32 Å². The Morgan fingerprint density at radius 1 is 0.833 bits per heavy atom. The first-order valence-corrected chi connectivity index (χ1v) is 6.42. The molecule has 18 heavy (non-hydrogen) atoms. The largest absolute Gasteiger partial charge is 0.313 e. The first-order chi connectivity index (χ1) is 8.92. The van der Waals surface area contributed by atoms with Gasteiger partial charge in [0.15, 0.2) is 0 Å². The highest BCUT2D eigenvalue weighted by molar-refractivity contribution is 5.39. The van der Waals surface area contributed by atoms with Gasteiger partial charge in [0.05, 0.1) is 5.54 Å². The molecule has 0 unspecified atom stereocenters. The summed E-state index contributed by atoms with van der Waals surface area (Å²) in [5, 5.41) is 8.42. The van der Waals surface area contributed by atoms with Crippen LogP contribution in [0.15, 0.2) is 60.7 Å². The molecule has 1 radical (unpaired) electrons. The number of hydrogen-bond acceptors (Lipinski definition) is 1. The van der Waals surface area contributed by atoms with Crippen LogP contribution in [-0.2, 0) is 5.54 Å². The van der Waals surface area contributed by atoms with Crippen LogP contribution in [0.25, 0.3) is 0 Å². The van der Waals surface area contributed by atoms with Gasteiger partial charge >= 0.3 is 0 Å². The molecule has 0 amide bonds. The molecular weight excluding hydrogens is 220 g/mol. The zero-order valence-electron chi connectivity index (χ0n) is 10.3. The van der Waals surface area contributed by atoms with E-state index < -0.39 is 0 Å². The highest BCUT2D eigenvalue weighted by Gasteiger charge is 2.36. The van der Waals surface area contributed by atoms with Crippen molar-refractivity contribution in [3.05, 3.63) is 71.8 Å². The van der Waals surface area contributed by atoms with Crippen LogP contribution in [0.2, 0.25) is 0 Å². The molecule has 91 valence electrons. The molecule has 1 heterocycles. The van der Waals surface area contributed by atoms with Crippen molar-refractivity contribution in [3.63, 3.8) is 0 Å². The fourth-order valence-electron chi connectivity index (χ4n) is 2.63. The van der Waals surface area contributed by atoms with Crippen LogP contribution in [-0.4, -0.2) is 19.6 Å². The first kappa shape index (κ1) is 11.5. The second-order valence-electron chi connectivity index (χ2n) is 4.65. The summed E-state index contributed by atoms with van der Waals surface area (Å²) in [6, 6.07) is 21.1. The number of piperazine rings is 1. The molecule has 1 aliphatic rings. The summed E-state index contributed by atoms with van der Waals surface area (Å²) >= 11 is 0. The van der Waals surface area contributed by atoms with E-state index in [1.807, 2.05) is 0 Å². The van der Waals surface area contributed by atoms with Crippen molar-refractivity contribution in [2.45, 2.75) is 5.54 Å². The molecule has 0 atom stereocenters. The van der Waals surface area contributed by atoms with Crippen LogP contribution in [0.4, 0.5) is 0 Å². The molecule has 1 saturated heterocycles. The van der Waals surface area contributed by atoms with E-state index in [0.29, 0.717) is 0 Å². The summed E-state index contributed by atoms with van der Waals surface area (Å²) in [4.78, 5) is 0. The van der Waals surface area contributed by atoms with Gasteiger partial charge in [0.2, 0.25) is 0 Å². The average Bonchev–Trinajstić information content (AvgIpc) is 2.50. The zero-order chi connectivity index (χ0) is 12.3. The van der Waals surface area contributed by atoms with Crippen LogP contribution in [0.1, 0.15) is 11.1 Å². The monoisotopic (exact) mass is 237 g/mol. The second-order valence-corrected chi connectivity index (χ2v) is 4.65. The van der Waals surface area contributed by atoms with Crippen LogP contribution in [0, 0.1) is 0 Å². The molecule has 0 aromatic heterocycles. The van der Waals surface area contributed by atoms with Gasteiger partial charge in [-0.25, -0.2) is 5.32 Å². The molecule has 3 rings (SSSR count). The van der Waals surface area contributed by atoms with Crippen LogP contribution in [0.3, 0.4) is 0 Å². The Labute approximate surface area is 108 Å². The summed E-state index contributed by atoms with van der Waals surface area (Å²) in [6.45, 7) is 2.71. The van der Waals surface area contributed by atoms with Gasteiger partial charge in [-0.1, -0.05) is 60.7 Å². The molecule has 2 nitrogen and oxygen atoms in total. The standard InChI is InChI=1S/C16H17N2/c1-3-7-14(8-4-1)16(13-17-11-12-18-16)15-9-5-2-6-10-15/h1-10,17H,11-13H2. The van der Waals surface area contributed by atoms with E-state index >= 15 is 0 Å². The van der Waals surface area contributed by atoms with Crippen molar-refractivity contribution >= 4 is 0 Å². The maximum atomic E-state index is 4.94. The van der Waals surface area contributed by atoms with E-state index in [4.69, 9.17) is 5.32 Å². The molecule has 0 aliphatic carbocycles. The Kier molecular flexibility index (Phi) is 3.13. The molecule has 2 heteroatoms. The van der Waals surface area contributed by atoms with E-state index in [-0.39, 0.29) is 5.54 Å². The molecular formula is C16H17N2. The lowest BCUT2D eigenvalue weighted by Crippen LogP contribution is -2.53. The summed E-state index contributed by atoms with van der Waals surface area (Å²) in [6.07, 6.45) is 0. The minimum absolute atomic E-state index is 0.221. The third kappa shape index (κ3) is 1.94. The number of rotatable bonds is 2. The minimum atomic E-state index is -0.221. The Bertz CT molecular complexity index is 446. The van der Waals surface area contributed by atoms with Crippen molar-refractivity contribution in [2.24, 2.45) is 0 Å². The van der Waals surface area contributed by atoms with E-state index in [0.717, 1.165) is 19.6 Å². The van der Waals surface area contributed by atoms with Gasteiger partial charge in [-0.2, -0.15) is 0 Å². The maximum absolute atomic E-state index is 4.94. The summed E-state index contributed by atoms with van der Waals surface area (Å²) in [5.41, 5.74) is 2.31. The zero-order valence-corrected chi connectivity index (χ0v) is 10.3. The molecule has 2 aromatic carbocycles. The minimum Gasteiger partial charge on any atom is -0.313 e. The Hall–Kier alpha value is -1.64. The first-order valence-electron chi connectivity index (χ1n) is 6.42. The smallest absolute Gasteiger partial charge is 0.0979 e. The highest BCUT2D eigenvalue weighted by atomic mass is 15.1. The van der Waals surface area contributed by atoms with Crippen molar-refractivity contribution in [1.82, 2.24) is 10.6 Å². The Morgan fingerprint density at radius 3 is 1.83 bits per heavy atom. The van der Waals surface area contributed by atoms with Crippen molar-refractivity contribution in [2.75, 3.05) is 19.6 Å². The number of benzene rings is 2. The van der Waals surface area contributed by atoms with E-state index in [9.17, 15) is 0 Å². The van der Waals surface area contributed by atoms with E-state index in [2.05, 4.69) is 66.0 Å². The van der Waals surface area contributed by atoms with Crippen LogP contribution < -0.4 is 10.6 Å². The number of nitrogens with one attached hydrogen (secondary N) is 1. The SMILES string of the molecule is c1ccc(C2(c3ccccc3)CNCC[N]2)cc1. The fourth-order valence-corrected chi connectivity index (χ4v) is 2.63. The van der Waals surface area contributed by atoms with E-state index in [1.54, 1.807) is 0 Å². The average molecular weight is 237 g/mol. The molecule has 0 spiro atoms. The summed E-state index contributed by atoms with van der Waals surface area (Å²) in [5.74, 6) is 0. The van der Waals surface area contributed by atoms with Crippen molar-refractivity contribution in [1.29, 1.82) is 0 Å². The predicted octanol–water partition coefficient (Wildman–Crippen LogP) is 2.14. The number of hydrogen-bond donors (Lipinski definition) is 1. The lowest BCUT2D eigenvalue weighted by atomic mass is 9.81. The second kappa shape index (κ2) is 4.92. The topological polar surface area (TPSA) is 26.1 Å². The lowest BCUT2D eigenvalue weighted by Gasteiger charge is -2.38. The predicted molar refractivity (Wildman–Crippen MR) is 73.5 cm³/mol. The van der Waals surface area contributed by atoms with Crippen molar-refractivity contribution in [3.8, 4) is 0 Å². The highest BCUT2D eigenvalue weighted by Crippen LogP contribution is 2.31. The molecule has 1 N–H and O–H groups in total. The van der Waals surface area contributed by atoms with Gasteiger partial charge in [-0.3, -0.25) is 0 Å². The summed E-state index contributed by atoms with van der Waals surface area (Å²) < 4.78 is 0. The van der Waals surface area contributed by atoms with Crippen LogP contribution in [0.5, 0.6) is 0 Å². The molecule has 0 saturated carbocycles. The van der Waals surface area contributed by atoms with Gasteiger partial charge in [-0.05, 0) is 11.1 Å². The van der Waals surface area contributed by atoms with Gasteiger partial charge in [-0.15, -0.1) is 0 Å². The fraction of sp³-hybridized carbons (Fsp3) is 0.250. The maximum Gasteiger partial charge on any atom is 0.0979 e. The van der Waals surface area contributed by atoms with Gasteiger partial charge in [0, 0.05) is 19.6 Å². The lowest BCUT2D eigenvalue weighted by molar-refractivity contribution is 0.321. The van der Waals surface area contributed by atoms with Gasteiger partial charge in [0.25, 0.3) is 0 Å². The van der Waals surface area contributed by atoms with Crippen molar-refractivity contribution < 1.29 is 0 Å². The molecule has 2 aromatic rings. The molecule has 0 bridgehead atoms. The molecule has 1 fully saturated rings. The summed E-state index contributed by atoms with van der Waals surface area (Å²) in [7, 11) is 0. The Morgan fingerprint density at radius 2 is 1.39 bits per heavy atom. The quantitative estimate of drug-likeness (QED) is 0.851. The van der Waals surface area contributed by atoms with Crippen LogP contribution >= 0.6 is 0 Å².